The van der Waals surface area contributed by atoms with Gasteiger partial charge in [0.1, 0.15) is 12.4 Å². The lowest BCUT2D eigenvalue weighted by atomic mass is 9.94. The largest absolute Gasteiger partial charge is 0.489 e. The van der Waals surface area contributed by atoms with Gasteiger partial charge in [0.25, 0.3) is 0 Å². The molecule has 0 aliphatic heterocycles. The van der Waals surface area contributed by atoms with Gasteiger partial charge in [-0.05, 0) is 37.1 Å². The van der Waals surface area contributed by atoms with Crippen LogP contribution in [0.3, 0.4) is 0 Å². The molecule has 0 aliphatic carbocycles. The second-order valence-electron chi connectivity index (χ2n) is 6.19. The topological polar surface area (TPSA) is 48.4 Å². The summed E-state index contributed by atoms with van der Waals surface area (Å²) < 4.78 is 11.1. The number of ether oxygens (including phenoxy) is 2. The maximum atomic E-state index is 12.1. The van der Waals surface area contributed by atoms with E-state index in [1.54, 1.807) is 11.3 Å². The summed E-state index contributed by atoms with van der Waals surface area (Å²) in [5, 5.41) is 0.982. The Morgan fingerprint density at radius 3 is 2.67 bits per heavy atom. The van der Waals surface area contributed by atoms with E-state index in [0.29, 0.717) is 13.2 Å². The number of rotatable bonds is 8. The van der Waals surface area contributed by atoms with E-state index in [2.05, 4.69) is 4.98 Å². The zero-order valence-corrected chi connectivity index (χ0v) is 16.4. The zero-order valence-electron chi connectivity index (χ0n) is 15.6. The van der Waals surface area contributed by atoms with Gasteiger partial charge in [-0.15, -0.1) is 11.3 Å². The van der Waals surface area contributed by atoms with Crippen molar-refractivity contribution in [1.29, 1.82) is 0 Å². The second-order valence-corrected chi connectivity index (χ2v) is 7.46. The summed E-state index contributed by atoms with van der Waals surface area (Å²) in [5.74, 6) is 0.492. The second kappa shape index (κ2) is 9.33. The minimum absolute atomic E-state index is 0.0875. The van der Waals surface area contributed by atoms with E-state index in [0.717, 1.165) is 26.8 Å². The Hall–Kier alpha value is -2.66. The van der Waals surface area contributed by atoms with Gasteiger partial charge in [-0.1, -0.05) is 42.5 Å². The van der Waals surface area contributed by atoms with Gasteiger partial charge in [-0.25, -0.2) is 4.98 Å². The summed E-state index contributed by atoms with van der Waals surface area (Å²) >= 11 is 1.61. The number of hydrogen-bond donors (Lipinski definition) is 0. The molecule has 0 aliphatic rings. The van der Waals surface area contributed by atoms with Crippen LogP contribution < -0.4 is 4.74 Å². The first-order valence-corrected chi connectivity index (χ1v) is 9.82. The number of nitrogens with zero attached hydrogens (tertiary/aromatic N) is 1. The van der Waals surface area contributed by atoms with Crippen molar-refractivity contribution in [2.24, 2.45) is 0 Å². The van der Waals surface area contributed by atoms with Gasteiger partial charge in [0, 0.05) is 17.0 Å². The molecule has 0 spiro atoms. The van der Waals surface area contributed by atoms with Crippen molar-refractivity contribution in [1.82, 2.24) is 4.98 Å². The van der Waals surface area contributed by atoms with E-state index in [1.165, 1.54) is 0 Å². The first-order chi connectivity index (χ1) is 13.2. The van der Waals surface area contributed by atoms with Crippen LogP contribution >= 0.6 is 11.3 Å². The Bertz CT molecular complexity index is 876. The van der Waals surface area contributed by atoms with E-state index in [4.69, 9.17) is 9.47 Å². The lowest BCUT2D eigenvalue weighted by Crippen LogP contribution is -2.11. The van der Waals surface area contributed by atoms with Crippen LogP contribution in [0.4, 0.5) is 0 Å². The van der Waals surface area contributed by atoms with Crippen molar-refractivity contribution >= 4 is 17.3 Å². The first-order valence-electron chi connectivity index (χ1n) is 9.00. The molecule has 0 saturated heterocycles. The van der Waals surface area contributed by atoms with Crippen molar-refractivity contribution in [3.8, 4) is 5.75 Å². The van der Waals surface area contributed by atoms with Gasteiger partial charge >= 0.3 is 5.97 Å². The molecule has 4 nitrogen and oxygen atoms in total. The third-order valence-corrected chi connectivity index (χ3v) is 5.19. The third-order valence-electron chi connectivity index (χ3n) is 4.17. The predicted octanol–water partition coefficient (Wildman–Crippen LogP) is 5.12. The molecule has 3 aromatic rings. The Labute approximate surface area is 163 Å². The smallest absolute Gasteiger partial charge is 0.306 e. The molecule has 1 aromatic heterocycles. The van der Waals surface area contributed by atoms with E-state index in [9.17, 15) is 4.79 Å². The van der Waals surface area contributed by atoms with Crippen molar-refractivity contribution in [3.05, 3.63) is 81.8 Å². The number of aryl methyl sites for hydroxylation is 1. The minimum atomic E-state index is -0.204. The van der Waals surface area contributed by atoms with E-state index in [-0.39, 0.29) is 18.3 Å². The summed E-state index contributed by atoms with van der Waals surface area (Å²) in [7, 11) is 0. The molecule has 1 heterocycles. The SMILES string of the molecule is CCOC(=O)CC(c1cccc(OCc2ccccc2)c1)c1cnc(C)s1. The number of carbonyl (C=O) groups excluding carboxylic acids is 1. The standard InChI is InChI=1S/C22H23NO3S/c1-3-25-22(24)13-20(21-14-23-16(2)27-21)18-10-7-11-19(12-18)26-15-17-8-5-4-6-9-17/h4-12,14,20H,3,13,15H2,1-2H3. The average molecular weight is 381 g/mol. The number of esters is 1. The highest BCUT2D eigenvalue weighted by Gasteiger charge is 2.21. The number of carbonyl (C=O) groups is 1. The third kappa shape index (κ3) is 5.41. The number of aromatic nitrogens is 1. The van der Waals surface area contributed by atoms with Crippen LogP contribution in [0.25, 0.3) is 0 Å². The van der Waals surface area contributed by atoms with E-state index in [1.807, 2.05) is 74.6 Å². The molecule has 0 fully saturated rings. The quantitative estimate of drug-likeness (QED) is 0.508. The van der Waals surface area contributed by atoms with Crippen LogP contribution in [0.1, 0.15) is 40.3 Å². The fourth-order valence-electron chi connectivity index (χ4n) is 2.87. The summed E-state index contributed by atoms with van der Waals surface area (Å²) in [6.07, 6.45) is 2.14. The lowest BCUT2D eigenvalue weighted by molar-refractivity contribution is -0.143. The molecule has 0 bridgehead atoms. The van der Waals surface area contributed by atoms with E-state index < -0.39 is 0 Å². The van der Waals surface area contributed by atoms with Gasteiger partial charge in [0.15, 0.2) is 0 Å². The van der Waals surface area contributed by atoms with Crippen molar-refractivity contribution < 1.29 is 14.3 Å². The highest BCUT2D eigenvalue weighted by atomic mass is 32.1. The van der Waals surface area contributed by atoms with Crippen molar-refractivity contribution in [3.63, 3.8) is 0 Å². The van der Waals surface area contributed by atoms with Crippen molar-refractivity contribution in [2.75, 3.05) is 6.61 Å². The molecule has 3 rings (SSSR count). The van der Waals surface area contributed by atoms with Gasteiger partial charge in [0.05, 0.1) is 18.0 Å². The fraction of sp³-hybridized carbons (Fsp3) is 0.273. The number of hydrogen-bond acceptors (Lipinski definition) is 5. The summed E-state index contributed by atoms with van der Waals surface area (Å²) in [6, 6.07) is 18.0. The normalized spacial score (nSPS) is 11.8. The molecule has 2 aromatic carbocycles. The molecular weight excluding hydrogens is 358 g/mol. The number of thiazole rings is 1. The Kier molecular flexibility index (Phi) is 6.60. The maximum Gasteiger partial charge on any atom is 0.306 e. The fourth-order valence-corrected chi connectivity index (χ4v) is 3.78. The molecule has 0 N–H and O–H groups in total. The van der Waals surface area contributed by atoms with Crippen LogP contribution in [-0.2, 0) is 16.1 Å². The predicted molar refractivity (Wildman–Crippen MR) is 107 cm³/mol. The molecule has 1 unspecified atom stereocenters. The average Bonchev–Trinajstić information content (AvgIpc) is 3.12. The zero-order chi connectivity index (χ0) is 19.1. The van der Waals surface area contributed by atoms with E-state index >= 15 is 0 Å². The molecule has 5 heteroatoms. The summed E-state index contributed by atoms with van der Waals surface area (Å²) in [6.45, 7) is 4.68. The van der Waals surface area contributed by atoms with Gasteiger partial charge in [-0.3, -0.25) is 4.79 Å². The maximum absolute atomic E-state index is 12.1. The monoisotopic (exact) mass is 381 g/mol. The Morgan fingerprint density at radius 1 is 1.15 bits per heavy atom. The minimum Gasteiger partial charge on any atom is -0.489 e. The van der Waals surface area contributed by atoms with Crippen LogP contribution in [0.5, 0.6) is 5.75 Å². The molecule has 0 radical (unpaired) electrons. The van der Waals surface area contributed by atoms with Crippen LogP contribution in [-0.4, -0.2) is 17.6 Å². The molecule has 27 heavy (non-hydrogen) atoms. The summed E-state index contributed by atoms with van der Waals surface area (Å²) in [5.41, 5.74) is 2.14. The summed E-state index contributed by atoms with van der Waals surface area (Å²) in [4.78, 5) is 17.5. The van der Waals surface area contributed by atoms with Gasteiger partial charge in [-0.2, -0.15) is 0 Å². The molecule has 0 saturated carbocycles. The van der Waals surface area contributed by atoms with Crippen LogP contribution in [0, 0.1) is 6.92 Å². The highest BCUT2D eigenvalue weighted by Crippen LogP contribution is 2.34. The molecular formula is C22H23NO3S. The van der Waals surface area contributed by atoms with Crippen LogP contribution in [0.2, 0.25) is 0 Å². The van der Waals surface area contributed by atoms with Crippen LogP contribution in [0.15, 0.2) is 60.8 Å². The molecule has 140 valence electrons. The number of benzene rings is 2. The van der Waals surface area contributed by atoms with Gasteiger partial charge in [0.2, 0.25) is 0 Å². The van der Waals surface area contributed by atoms with Crippen molar-refractivity contribution in [2.45, 2.75) is 32.8 Å². The Morgan fingerprint density at radius 2 is 1.96 bits per heavy atom. The molecule has 1 atom stereocenters. The Balaban J connectivity index is 1.80. The van der Waals surface area contributed by atoms with Gasteiger partial charge < -0.3 is 9.47 Å². The lowest BCUT2D eigenvalue weighted by Gasteiger charge is -2.16. The first kappa shape index (κ1) is 19.1. The highest BCUT2D eigenvalue weighted by molar-refractivity contribution is 7.11. The molecule has 0 amide bonds.